The van der Waals surface area contributed by atoms with Gasteiger partial charge in [0.1, 0.15) is 23.6 Å². The topological polar surface area (TPSA) is 76.9 Å². The van der Waals surface area contributed by atoms with Gasteiger partial charge in [0.25, 0.3) is 12.0 Å². The fourth-order valence-corrected chi connectivity index (χ4v) is 6.80. The number of halogens is 3. The van der Waals surface area contributed by atoms with Gasteiger partial charge in [0.05, 0.1) is 24.1 Å². The van der Waals surface area contributed by atoms with E-state index in [2.05, 4.69) is 15.3 Å². The number of anilines is 1. The highest BCUT2D eigenvalue weighted by Gasteiger charge is 2.38. The minimum absolute atomic E-state index is 0.0903. The van der Waals surface area contributed by atoms with Crippen molar-refractivity contribution in [2.45, 2.75) is 44.6 Å². The highest BCUT2D eigenvalue weighted by atomic mass is 31.2. The van der Waals surface area contributed by atoms with Crippen molar-refractivity contribution in [3.8, 4) is 0 Å². The summed E-state index contributed by atoms with van der Waals surface area (Å²) in [6.07, 6.45) is 0.826. The van der Waals surface area contributed by atoms with Crippen molar-refractivity contribution in [3.63, 3.8) is 0 Å². The molecule has 1 saturated heterocycles. The van der Waals surface area contributed by atoms with Crippen molar-refractivity contribution in [1.29, 1.82) is 0 Å². The fourth-order valence-electron chi connectivity index (χ4n) is 4.64. The molecule has 1 aliphatic rings. The van der Waals surface area contributed by atoms with Crippen LogP contribution in [-0.2, 0) is 17.0 Å². The molecule has 0 aliphatic carbocycles. The lowest BCUT2D eigenvalue weighted by atomic mass is 9.77. The lowest BCUT2D eigenvalue weighted by Gasteiger charge is -2.36. The molecule has 3 aromatic rings. The molecule has 0 amide bonds. The Hall–Kier alpha value is -2.67. The highest BCUT2D eigenvalue weighted by Crippen LogP contribution is 2.52. The van der Waals surface area contributed by atoms with Gasteiger partial charge in [-0.3, -0.25) is 9.36 Å². The minimum atomic E-state index is -2.92. The molecule has 2 aromatic heterocycles. The number of nitrogens with one attached hydrogen (secondary N) is 1. The molecule has 1 fully saturated rings. The Labute approximate surface area is 196 Å². The Bertz CT molecular complexity index is 1350. The maximum absolute atomic E-state index is 14.7. The van der Waals surface area contributed by atoms with E-state index in [4.69, 9.17) is 0 Å². The van der Waals surface area contributed by atoms with Gasteiger partial charge in [-0.1, -0.05) is 25.1 Å². The van der Waals surface area contributed by atoms with E-state index in [0.717, 1.165) is 6.07 Å². The summed E-state index contributed by atoms with van der Waals surface area (Å²) in [5.74, 6) is -0.584. The standard InChI is InChI=1S/C24H28F3N4O2P/c1-14(15-6-5-7-16(19(15)25)20(26)27)30-21-17-12-18(23(32)31(3)22(17)29-13-28-21)24(2)8-10-34(4,33)11-9-24/h5-7,12-14,20H,8-11H2,1-4H3,(H,28,29,30)/t14-,24?,34?/m1/s1. The number of aromatic nitrogens is 3. The van der Waals surface area contributed by atoms with Crippen LogP contribution in [0.2, 0.25) is 0 Å². The largest absolute Gasteiger partial charge is 0.363 e. The van der Waals surface area contributed by atoms with E-state index >= 15 is 0 Å². The number of nitrogens with zero attached hydrogens (tertiary/aromatic N) is 3. The average Bonchev–Trinajstić information content (AvgIpc) is 2.78. The minimum Gasteiger partial charge on any atom is -0.363 e. The van der Waals surface area contributed by atoms with Crippen LogP contribution in [0.3, 0.4) is 0 Å². The second-order valence-electron chi connectivity index (χ2n) is 9.60. The van der Waals surface area contributed by atoms with E-state index < -0.39 is 36.4 Å². The highest BCUT2D eigenvalue weighted by molar-refractivity contribution is 7.63. The van der Waals surface area contributed by atoms with Crippen LogP contribution in [-0.4, -0.2) is 33.5 Å². The molecule has 34 heavy (non-hydrogen) atoms. The Kier molecular flexibility index (Phi) is 6.36. The fraction of sp³-hybridized carbons (Fsp3) is 0.458. The first kappa shape index (κ1) is 24.5. The molecule has 1 aromatic carbocycles. The predicted octanol–water partition coefficient (Wildman–Crippen LogP) is 5.62. The quantitative estimate of drug-likeness (QED) is 0.468. The maximum atomic E-state index is 14.7. The van der Waals surface area contributed by atoms with Crippen molar-refractivity contribution in [2.75, 3.05) is 24.3 Å². The molecule has 10 heteroatoms. The molecule has 6 nitrogen and oxygen atoms in total. The Balaban J connectivity index is 1.78. The number of fused-ring (bicyclic) bond motifs is 1. The van der Waals surface area contributed by atoms with Crippen molar-refractivity contribution >= 4 is 24.0 Å². The van der Waals surface area contributed by atoms with Crippen LogP contribution in [0.15, 0.2) is 35.4 Å². The van der Waals surface area contributed by atoms with Crippen molar-refractivity contribution in [3.05, 3.63) is 63.5 Å². The van der Waals surface area contributed by atoms with Crippen LogP contribution in [0, 0.1) is 5.82 Å². The van der Waals surface area contributed by atoms with Gasteiger partial charge < -0.3 is 9.88 Å². The zero-order chi connectivity index (χ0) is 24.8. The van der Waals surface area contributed by atoms with Crippen LogP contribution in [0.25, 0.3) is 11.0 Å². The zero-order valence-corrected chi connectivity index (χ0v) is 20.5. The lowest BCUT2D eigenvalue weighted by molar-refractivity contribution is 0.146. The van der Waals surface area contributed by atoms with E-state index in [1.54, 1.807) is 20.0 Å². The van der Waals surface area contributed by atoms with Crippen molar-refractivity contribution < 1.29 is 17.7 Å². The molecule has 4 rings (SSSR count). The zero-order valence-electron chi connectivity index (χ0n) is 19.6. The van der Waals surface area contributed by atoms with Gasteiger partial charge in [0, 0.05) is 30.5 Å². The summed E-state index contributed by atoms with van der Waals surface area (Å²) in [5, 5.41) is 3.69. The van der Waals surface area contributed by atoms with Crippen LogP contribution in [0.4, 0.5) is 19.0 Å². The summed E-state index contributed by atoms with van der Waals surface area (Å²) in [6, 6.07) is 5.01. The molecule has 1 N–H and O–H groups in total. The van der Waals surface area contributed by atoms with Crippen molar-refractivity contribution in [1.82, 2.24) is 14.5 Å². The smallest absolute Gasteiger partial charge is 0.266 e. The predicted molar refractivity (Wildman–Crippen MR) is 128 cm³/mol. The van der Waals surface area contributed by atoms with Crippen LogP contribution < -0.4 is 10.9 Å². The Morgan fingerprint density at radius 3 is 2.47 bits per heavy atom. The van der Waals surface area contributed by atoms with E-state index in [9.17, 15) is 22.5 Å². The van der Waals surface area contributed by atoms with Gasteiger partial charge >= 0.3 is 0 Å². The van der Waals surface area contributed by atoms with E-state index in [1.165, 1.54) is 23.0 Å². The van der Waals surface area contributed by atoms with Crippen LogP contribution >= 0.6 is 7.14 Å². The Morgan fingerprint density at radius 2 is 1.82 bits per heavy atom. The number of pyridine rings is 1. The molecular formula is C24H28F3N4O2P. The number of alkyl halides is 2. The molecule has 0 bridgehead atoms. The second-order valence-corrected chi connectivity index (χ2v) is 13.1. The van der Waals surface area contributed by atoms with Crippen LogP contribution in [0.5, 0.6) is 0 Å². The third-order valence-corrected chi connectivity index (χ3v) is 9.38. The number of rotatable bonds is 5. The molecular weight excluding hydrogens is 464 g/mol. The SMILES string of the molecule is C[C@@H](Nc1ncnc2c1cc(C1(C)CCP(C)(=O)CC1)c(=O)n2C)c1cccc(C(F)F)c1F. The third-order valence-electron chi connectivity index (χ3n) is 7.04. The summed E-state index contributed by atoms with van der Waals surface area (Å²) in [4.78, 5) is 21.8. The summed E-state index contributed by atoms with van der Waals surface area (Å²) in [5.41, 5.74) is -0.173. The van der Waals surface area contributed by atoms with Crippen LogP contribution in [0.1, 0.15) is 55.8 Å². The molecule has 0 spiro atoms. The first-order valence-electron chi connectivity index (χ1n) is 11.2. The van der Waals surface area contributed by atoms with Gasteiger partial charge in [-0.2, -0.15) is 0 Å². The monoisotopic (exact) mass is 492 g/mol. The summed E-state index contributed by atoms with van der Waals surface area (Å²) in [6.45, 7) is 5.48. The van der Waals surface area contributed by atoms with E-state index in [-0.39, 0.29) is 11.1 Å². The third kappa shape index (κ3) is 4.38. The van der Waals surface area contributed by atoms with Gasteiger partial charge in [0.2, 0.25) is 0 Å². The van der Waals surface area contributed by atoms with Gasteiger partial charge in [-0.15, -0.1) is 0 Å². The van der Waals surface area contributed by atoms with Gasteiger partial charge in [0.15, 0.2) is 0 Å². The molecule has 0 unspecified atom stereocenters. The molecule has 0 saturated carbocycles. The average molecular weight is 492 g/mol. The molecule has 0 radical (unpaired) electrons. The summed E-state index contributed by atoms with van der Waals surface area (Å²) >= 11 is 0. The number of benzene rings is 1. The lowest BCUT2D eigenvalue weighted by Crippen LogP contribution is -2.37. The second kappa shape index (κ2) is 8.84. The normalized spacial score (nSPS) is 23.9. The maximum Gasteiger partial charge on any atom is 0.266 e. The molecule has 182 valence electrons. The molecule has 3 heterocycles. The number of hydrogen-bond acceptors (Lipinski definition) is 5. The summed E-state index contributed by atoms with van der Waals surface area (Å²) < 4.78 is 55.0. The van der Waals surface area contributed by atoms with Gasteiger partial charge in [-0.05, 0) is 37.9 Å². The van der Waals surface area contributed by atoms with E-state index in [0.29, 0.717) is 47.6 Å². The van der Waals surface area contributed by atoms with Crippen molar-refractivity contribution in [2.24, 2.45) is 7.05 Å². The van der Waals surface area contributed by atoms with E-state index in [1.807, 2.05) is 13.6 Å². The Morgan fingerprint density at radius 1 is 1.18 bits per heavy atom. The first-order valence-corrected chi connectivity index (χ1v) is 13.7. The molecule has 1 aliphatic heterocycles. The first-order chi connectivity index (χ1) is 15.9. The summed E-state index contributed by atoms with van der Waals surface area (Å²) in [7, 11) is -0.539. The van der Waals surface area contributed by atoms with Gasteiger partial charge in [-0.25, -0.2) is 23.1 Å². The number of hydrogen-bond donors (Lipinski definition) is 1. The number of aryl methyl sites for hydroxylation is 1. The molecule has 1 atom stereocenters.